The Morgan fingerprint density at radius 3 is 2.67 bits per heavy atom. The molecule has 0 radical (unpaired) electrons. The summed E-state index contributed by atoms with van der Waals surface area (Å²) in [6.45, 7) is 7.89. The fourth-order valence-electron chi connectivity index (χ4n) is 2.48. The van der Waals surface area contributed by atoms with Crippen molar-refractivity contribution < 1.29 is 14.6 Å². The number of nitrogens with zero attached hydrogens (tertiary/aromatic N) is 1. The molecule has 1 saturated heterocycles. The number of ether oxygens (including phenoxy) is 1. The van der Waals surface area contributed by atoms with Gasteiger partial charge in [-0.2, -0.15) is 0 Å². The third-order valence-corrected chi connectivity index (χ3v) is 3.71. The summed E-state index contributed by atoms with van der Waals surface area (Å²) in [4.78, 5) is 13.7. The quantitative estimate of drug-likeness (QED) is 0.698. The van der Waals surface area contributed by atoms with Crippen molar-refractivity contribution in [1.29, 1.82) is 0 Å². The van der Waals surface area contributed by atoms with E-state index < -0.39 is 11.6 Å². The first kappa shape index (κ1) is 15.4. The second-order valence-electron chi connectivity index (χ2n) is 5.27. The van der Waals surface area contributed by atoms with Crippen LogP contribution in [-0.4, -0.2) is 60.4 Å². The number of hydrogen-bond donors (Lipinski definition) is 2. The van der Waals surface area contributed by atoms with Crippen molar-refractivity contribution in [2.24, 2.45) is 0 Å². The molecule has 1 heterocycles. The maximum Gasteiger partial charge on any atom is 0.338 e. The average Bonchev–Trinajstić information content (AvgIpc) is 2.37. The number of rotatable bonds is 5. The molecule has 0 spiro atoms. The molecule has 0 aromatic heterocycles. The molecule has 1 fully saturated rings. The SMILES string of the molecule is CCC1CN(CC(C)(O)C(=O)OC)C(CC)CN1. The molecular weight excluding hydrogens is 232 g/mol. The minimum atomic E-state index is -1.43. The van der Waals surface area contributed by atoms with Gasteiger partial charge < -0.3 is 15.2 Å². The first-order chi connectivity index (χ1) is 8.44. The van der Waals surface area contributed by atoms with Crippen LogP contribution in [-0.2, 0) is 9.53 Å². The fraction of sp³-hybridized carbons (Fsp3) is 0.923. The van der Waals surface area contributed by atoms with Crippen LogP contribution in [0, 0.1) is 0 Å². The lowest BCUT2D eigenvalue weighted by Gasteiger charge is -2.42. The minimum absolute atomic E-state index is 0.330. The van der Waals surface area contributed by atoms with Crippen LogP contribution in [0.3, 0.4) is 0 Å². The van der Waals surface area contributed by atoms with Crippen LogP contribution in [0.5, 0.6) is 0 Å². The van der Waals surface area contributed by atoms with Crippen molar-refractivity contribution in [3.05, 3.63) is 0 Å². The third-order valence-electron chi connectivity index (χ3n) is 3.71. The minimum Gasteiger partial charge on any atom is -0.467 e. The molecule has 5 nitrogen and oxygen atoms in total. The largest absolute Gasteiger partial charge is 0.467 e. The lowest BCUT2D eigenvalue weighted by molar-refractivity contribution is -0.163. The predicted octanol–water partition coefficient (Wildman–Crippen LogP) is 0.373. The van der Waals surface area contributed by atoms with Gasteiger partial charge in [-0.05, 0) is 19.8 Å². The topological polar surface area (TPSA) is 61.8 Å². The van der Waals surface area contributed by atoms with E-state index in [-0.39, 0.29) is 0 Å². The summed E-state index contributed by atoms with van der Waals surface area (Å²) in [5.41, 5.74) is -1.43. The molecule has 0 saturated carbocycles. The highest BCUT2D eigenvalue weighted by atomic mass is 16.5. The van der Waals surface area contributed by atoms with Crippen molar-refractivity contribution in [3.63, 3.8) is 0 Å². The summed E-state index contributed by atoms with van der Waals surface area (Å²) in [6.07, 6.45) is 2.05. The molecule has 1 rings (SSSR count). The number of aliphatic hydroxyl groups is 1. The molecule has 0 aliphatic carbocycles. The number of β-amino-alcohol motifs (C(OH)–C–C–N with tert-alkyl or cyclic N) is 1. The Morgan fingerprint density at radius 1 is 1.50 bits per heavy atom. The summed E-state index contributed by atoms with van der Waals surface area (Å²) in [5, 5.41) is 13.7. The molecule has 5 heteroatoms. The highest BCUT2D eigenvalue weighted by Crippen LogP contribution is 2.17. The van der Waals surface area contributed by atoms with Crippen LogP contribution in [0.25, 0.3) is 0 Å². The van der Waals surface area contributed by atoms with E-state index in [9.17, 15) is 9.90 Å². The molecule has 1 aliphatic heterocycles. The van der Waals surface area contributed by atoms with Gasteiger partial charge in [0.25, 0.3) is 0 Å². The van der Waals surface area contributed by atoms with Crippen LogP contribution in [0.2, 0.25) is 0 Å². The molecule has 106 valence electrons. The van der Waals surface area contributed by atoms with Gasteiger partial charge in [-0.15, -0.1) is 0 Å². The fourth-order valence-corrected chi connectivity index (χ4v) is 2.48. The van der Waals surface area contributed by atoms with Gasteiger partial charge in [-0.1, -0.05) is 13.8 Å². The van der Waals surface area contributed by atoms with E-state index in [0.717, 1.165) is 25.9 Å². The van der Waals surface area contributed by atoms with E-state index in [1.54, 1.807) is 0 Å². The molecule has 0 aromatic rings. The number of piperazine rings is 1. The third kappa shape index (κ3) is 3.67. The summed E-state index contributed by atoms with van der Waals surface area (Å²) in [7, 11) is 1.31. The van der Waals surface area contributed by atoms with Crippen LogP contribution < -0.4 is 5.32 Å². The number of nitrogens with one attached hydrogen (secondary N) is 1. The van der Waals surface area contributed by atoms with E-state index in [2.05, 4.69) is 28.8 Å². The number of methoxy groups -OCH3 is 1. The van der Waals surface area contributed by atoms with Crippen LogP contribution in [0.1, 0.15) is 33.6 Å². The van der Waals surface area contributed by atoms with Gasteiger partial charge in [0.1, 0.15) is 0 Å². The van der Waals surface area contributed by atoms with E-state index in [0.29, 0.717) is 18.6 Å². The lowest BCUT2D eigenvalue weighted by atomic mass is 10.0. The van der Waals surface area contributed by atoms with Crippen LogP contribution >= 0.6 is 0 Å². The van der Waals surface area contributed by atoms with Crippen molar-refractivity contribution in [3.8, 4) is 0 Å². The highest BCUT2D eigenvalue weighted by Gasteiger charge is 2.37. The number of hydrogen-bond acceptors (Lipinski definition) is 5. The standard InChI is InChI=1S/C13H26N2O3/c1-5-10-8-15(11(6-2)7-14-10)9-13(3,17)12(16)18-4/h10-11,14,17H,5-9H2,1-4H3. The lowest BCUT2D eigenvalue weighted by Crippen LogP contribution is -2.60. The normalized spacial score (nSPS) is 28.7. The first-order valence-electron chi connectivity index (χ1n) is 6.72. The second kappa shape index (κ2) is 6.50. The molecule has 0 bridgehead atoms. The van der Waals surface area contributed by atoms with Gasteiger partial charge in [0.05, 0.1) is 7.11 Å². The summed E-state index contributed by atoms with van der Waals surface area (Å²) in [5.74, 6) is -0.566. The molecule has 3 unspecified atom stereocenters. The Labute approximate surface area is 109 Å². The molecule has 3 atom stereocenters. The zero-order chi connectivity index (χ0) is 13.8. The van der Waals surface area contributed by atoms with Crippen molar-refractivity contribution in [1.82, 2.24) is 10.2 Å². The van der Waals surface area contributed by atoms with Gasteiger partial charge in [-0.3, -0.25) is 4.90 Å². The van der Waals surface area contributed by atoms with E-state index in [4.69, 9.17) is 0 Å². The zero-order valence-electron chi connectivity index (χ0n) is 11.9. The van der Waals surface area contributed by atoms with E-state index in [1.807, 2.05) is 0 Å². The molecule has 2 N–H and O–H groups in total. The molecule has 1 aliphatic rings. The average molecular weight is 258 g/mol. The number of carbonyl (C=O) groups is 1. The smallest absolute Gasteiger partial charge is 0.338 e. The van der Waals surface area contributed by atoms with Crippen LogP contribution in [0.15, 0.2) is 0 Å². The van der Waals surface area contributed by atoms with Crippen molar-refractivity contribution in [2.45, 2.75) is 51.3 Å². The molecule has 0 aromatic carbocycles. The molecule has 18 heavy (non-hydrogen) atoms. The Hall–Kier alpha value is -0.650. The molecular formula is C13H26N2O3. The highest BCUT2D eigenvalue weighted by molar-refractivity contribution is 5.78. The summed E-state index contributed by atoms with van der Waals surface area (Å²) in [6, 6.07) is 0.796. The number of carbonyl (C=O) groups excluding carboxylic acids is 1. The Kier molecular flexibility index (Phi) is 5.56. The first-order valence-corrected chi connectivity index (χ1v) is 6.72. The van der Waals surface area contributed by atoms with Crippen LogP contribution in [0.4, 0.5) is 0 Å². The molecule has 0 amide bonds. The van der Waals surface area contributed by atoms with Crippen molar-refractivity contribution >= 4 is 5.97 Å². The van der Waals surface area contributed by atoms with Crippen molar-refractivity contribution in [2.75, 3.05) is 26.7 Å². The Bertz CT molecular complexity index is 281. The van der Waals surface area contributed by atoms with Gasteiger partial charge in [0, 0.05) is 31.7 Å². The monoisotopic (exact) mass is 258 g/mol. The maximum atomic E-state index is 11.5. The van der Waals surface area contributed by atoms with E-state index in [1.165, 1.54) is 14.0 Å². The predicted molar refractivity (Wildman–Crippen MR) is 70.4 cm³/mol. The van der Waals surface area contributed by atoms with Gasteiger partial charge in [-0.25, -0.2) is 4.79 Å². The second-order valence-corrected chi connectivity index (χ2v) is 5.27. The maximum absolute atomic E-state index is 11.5. The van der Waals surface area contributed by atoms with Gasteiger partial charge in [0.15, 0.2) is 5.60 Å². The van der Waals surface area contributed by atoms with Gasteiger partial charge >= 0.3 is 5.97 Å². The summed E-state index contributed by atoms with van der Waals surface area (Å²) < 4.78 is 4.65. The Balaban J connectivity index is 2.68. The summed E-state index contributed by atoms with van der Waals surface area (Å²) >= 11 is 0. The number of esters is 1. The zero-order valence-corrected chi connectivity index (χ0v) is 11.9. The Morgan fingerprint density at radius 2 is 2.17 bits per heavy atom. The van der Waals surface area contributed by atoms with Gasteiger partial charge in [0.2, 0.25) is 0 Å². The van der Waals surface area contributed by atoms with E-state index >= 15 is 0 Å².